The minimum absolute atomic E-state index is 0.0312. The standard InChI is InChI=1S/C23H24O6/c1-13-5-6-16-18(7-13)17(10-22(25)26)14(2)19(16)12-29-21-9-15(11-24)8-20(27-3)23(21)28-4/h5-9,11,19H,10,12H2,1-4H3,(H,25,26). The summed E-state index contributed by atoms with van der Waals surface area (Å²) in [6.07, 6.45) is 0.690. The van der Waals surface area contributed by atoms with E-state index in [-0.39, 0.29) is 18.9 Å². The molecule has 0 aromatic heterocycles. The Hall–Kier alpha value is -3.28. The molecule has 1 atom stereocenters. The first-order valence-corrected chi connectivity index (χ1v) is 9.26. The maximum Gasteiger partial charge on any atom is 0.307 e. The zero-order valence-electron chi connectivity index (χ0n) is 16.9. The van der Waals surface area contributed by atoms with E-state index in [0.717, 1.165) is 34.1 Å². The molecular formula is C23H24O6. The monoisotopic (exact) mass is 396 g/mol. The van der Waals surface area contributed by atoms with Gasteiger partial charge in [-0.1, -0.05) is 29.3 Å². The third-order valence-corrected chi connectivity index (χ3v) is 5.24. The fourth-order valence-electron chi connectivity index (χ4n) is 3.79. The Labute approximate surface area is 169 Å². The summed E-state index contributed by atoms with van der Waals surface area (Å²) in [5, 5.41) is 9.34. The zero-order valence-corrected chi connectivity index (χ0v) is 16.9. The van der Waals surface area contributed by atoms with Crippen molar-refractivity contribution in [3.63, 3.8) is 0 Å². The summed E-state index contributed by atoms with van der Waals surface area (Å²) in [7, 11) is 3.01. The van der Waals surface area contributed by atoms with Crippen molar-refractivity contribution in [2.24, 2.45) is 0 Å². The molecule has 3 rings (SSSR count). The minimum Gasteiger partial charge on any atom is -0.493 e. The molecule has 2 aromatic carbocycles. The third-order valence-electron chi connectivity index (χ3n) is 5.24. The van der Waals surface area contributed by atoms with E-state index in [1.807, 2.05) is 32.0 Å². The number of hydrogen-bond acceptors (Lipinski definition) is 5. The fourth-order valence-corrected chi connectivity index (χ4v) is 3.79. The average molecular weight is 396 g/mol. The predicted octanol–water partition coefficient (Wildman–Crippen LogP) is 4.25. The van der Waals surface area contributed by atoms with Crippen LogP contribution in [-0.4, -0.2) is 38.2 Å². The molecule has 0 saturated carbocycles. The van der Waals surface area contributed by atoms with Gasteiger partial charge in [0.05, 0.1) is 27.2 Å². The van der Waals surface area contributed by atoms with Gasteiger partial charge in [0.2, 0.25) is 5.75 Å². The van der Waals surface area contributed by atoms with Gasteiger partial charge < -0.3 is 19.3 Å². The highest BCUT2D eigenvalue weighted by Crippen LogP contribution is 2.45. The molecule has 0 amide bonds. The second-order valence-electron chi connectivity index (χ2n) is 7.06. The maximum atomic E-state index is 11.4. The van der Waals surface area contributed by atoms with E-state index < -0.39 is 5.97 Å². The number of benzene rings is 2. The lowest BCUT2D eigenvalue weighted by molar-refractivity contribution is -0.135. The van der Waals surface area contributed by atoms with Crippen LogP contribution in [0.5, 0.6) is 17.2 Å². The number of aldehydes is 1. The minimum atomic E-state index is -0.863. The van der Waals surface area contributed by atoms with E-state index in [0.29, 0.717) is 22.8 Å². The van der Waals surface area contributed by atoms with Crippen LogP contribution in [0.2, 0.25) is 0 Å². The molecule has 0 aliphatic heterocycles. The van der Waals surface area contributed by atoms with Crippen LogP contribution in [0.4, 0.5) is 0 Å². The number of carbonyl (C=O) groups excluding carboxylic acids is 1. The summed E-state index contributed by atoms with van der Waals surface area (Å²) >= 11 is 0. The van der Waals surface area contributed by atoms with Gasteiger partial charge in [0.1, 0.15) is 6.29 Å². The van der Waals surface area contributed by atoms with Crippen molar-refractivity contribution in [3.05, 3.63) is 58.2 Å². The molecule has 0 spiro atoms. The third kappa shape index (κ3) is 3.97. The highest BCUT2D eigenvalue weighted by Gasteiger charge is 2.30. The maximum absolute atomic E-state index is 11.4. The number of fused-ring (bicyclic) bond motifs is 1. The molecule has 6 nitrogen and oxygen atoms in total. The molecule has 0 saturated heterocycles. The van der Waals surface area contributed by atoms with Gasteiger partial charge in [-0.25, -0.2) is 0 Å². The van der Waals surface area contributed by atoms with Crippen LogP contribution in [0.25, 0.3) is 5.57 Å². The van der Waals surface area contributed by atoms with Gasteiger partial charge in [-0.15, -0.1) is 0 Å². The number of carboxylic acid groups (broad SMARTS) is 1. The Morgan fingerprint density at radius 1 is 1.10 bits per heavy atom. The van der Waals surface area contributed by atoms with Crippen molar-refractivity contribution in [2.75, 3.05) is 20.8 Å². The number of hydrogen-bond donors (Lipinski definition) is 1. The van der Waals surface area contributed by atoms with Gasteiger partial charge in [0, 0.05) is 11.5 Å². The number of aryl methyl sites for hydroxylation is 1. The second kappa shape index (κ2) is 8.39. The van der Waals surface area contributed by atoms with Crippen molar-refractivity contribution in [1.29, 1.82) is 0 Å². The van der Waals surface area contributed by atoms with Crippen molar-refractivity contribution < 1.29 is 28.9 Å². The van der Waals surface area contributed by atoms with Gasteiger partial charge in [0.25, 0.3) is 0 Å². The van der Waals surface area contributed by atoms with Gasteiger partial charge in [-0.05, 0) is 42.7 Å². The molecule has 1 N–H and O–H groups in total. The zero-order chi connectivity index (χ0) is 21.1. The van der Waals surface area contributed by atoms with Crippen LogP contribution in [0.1, 0.15) is 46.3 Å². The SMILES string of the molecule is COc1cc(C=O)cc(OCC2C(C)=C(CC(=O)O)c3cc(C)ccc32)c1OC. The number of ether oxygens (including phenoxy) is 3. The van der Waals surface area contributed by atoms with E-state index in [9.17, 15) is 14.7 Å². The van der Waals surface area contributed by atoms with E-state index in [2.05, 4.69) is 0 Å². The van der Waals surface area contributed by atoms with Crippen molar-refractivity contribution >= 4 is 17.8 Å². The largest absolute Gasteiger partial charge is 0.493 e. The lowest BCUT2D eigenvalue weighted by Crippen LogP contribution is -2.11. The number of methoxy groups -OCH3 is 2. The molecule has 0 fully saturated rings. The van der Waals surface area contributed by atoms with Crippen molar-refractivity contribution in [3.8, 4) is 17.2 Å². The number of aliphatic carboxylic acids is 1. The summed E-state index contributed by atoms with van der Waals surface area (Å²) in [6, 6.07) is 9.25. The van der Waals surface area contributed by atoms with E-state index in [1.165, 1.54) is 14.2 Å². The summed E-state index contributed by atoms with van der Waals surface area (Å²) in [5.41, 5.74) is 5.30. The molecule has 1 aliphatic carbocycles. The normalized spacial score (nSPS) is 15.1. The Balaban J connectivity index is 1.96. The predicted molar refractivity (Wildman–Crippen MR) is 109 cm³/mol. The Bertz CT molecular complexity index is 989. The van der Waals surface area contributed by atoms with Gasteiger partial charge >= 0.3 is 5.97 Å². The molecular weight excluding hydrogens is 372 g/mol. The summed E-state index contributed by atoms with van der Waals surface area (Å²) in [6.45, 7) is 4.22. The first-order chi connectivity index (χ1) is 13.9. The Morgan fingerprint density at radius 3 is 2.45 bits per heavy atom. The number of carboxylic acids is 1. The van der Waals surface area contributed by atoms with Gasteiger partial charge in [0.15, 0.2) is 11.5 Å². The lowest BCUT2D eigenvalue weighted by Gasteiger charge is -2.19. The highest BCUT2D eigenvalue weighted by molar-refractivity contribution is 5.89. The quantitative estimate of drug-likeness (QED) is 0.672. The van der Waals surface area contributed by atoms with Crippen LogP contribution >= 0.6 is 0 Å². The molecule has 0 radical (unpaired) electrons. The topological polar surface area (TPSA) is 82.1 Å². The molecule has 1 unspecified atom stereocenters. The van der Waals surface area contributed by atoms with E-state index in [1.54, 1.807) is 12.1 Å². The van der Waals surface area contributed by atoms with Crippen molar-refractivity contribution in [1.82, 2.24) is 0 Å². The molecule has 0 bridgehead atoms. The number of carbonyl (C=O) groups is 2. The summed E-state index contributed by atoms with van der Waals surface area (Å²) in [5.74, 6) is 0.275. The lowest BCUT2D eigenvalue weighted by atomic mass is 9.96. The Morgan fingerprint density at radius 2 is 1.83 bits per heavy atom. The summed E-state index contributed by atoms with van der Waals surface area (Å²) in [4.78, 5) is 22.6. The van der Waals surface area contributed by atoms with Crippen LogP contribution in [0.3, 0.4) is 0 Å². The first-order valence-electron chi connectivity index (χ1n) is 9.26. The smallest absolute Gasteiger partial charge is 0.307 e. The van der Waals surface area contributed by atoms with Crippen molar-refractivity contribution in [2.45, 2.75) is 26.2 Å². The first kappa shape index (κ1) is 20.5. The van der Waals surface area contributed by atoms with Gasteiger partial charge in [-0.2, -0.15) is 0 Å². The van der Waals surface area contributed by atoms with E-state index >= 15 is 0 Å². The van der Waals surface area contributed by atoms with Crippen LogP contribution in [-0.2, 0) is 4.79 Å². The molecule has 1 aliphatic rings. The second-order valence-corrected chi connectivity index (χ2v) is 7.06. The van der Waals surface area contributed by atoms with Crippen LogP contribution in [0.15, 0.2) is 35.9 Å². The van der Waals surface area contributed by atoms with Crippen LogP contribution < -0.4 is 14.2 Å². The molecule has 29 heavy (non-hydrogen) atoms. The van der Waals surface area contributed by atoms with Gasteiger partial charge in [-0.3, -0.25) is 9.59 Å². The Kier molecular flexibility index (Phi) is 5.92. The average Bonchev–Trinajstić information content (AvgIpc) is 2.95. The van der Waals surface area contributed by atoms with E-state index in [4.69, 9.17) is 14.2 Å². The fraction of sp³-hybridized carbons (Fsp3) is 0.304. The molecule has 0 heterocycles. The number of rotatable bonds is 8. The molecule has 6 heteroatoms. The van der Waals surface area contributed by atoms with Crippen LogP contribution in [0, 0.1) is 6.92 Å². The highest BCUT2D eigenvalue weighted by atomic mass is 16.5. The molecule has 152 valence electrons. The molecule has 2 aromatic rings. The summed E-state index contributed by atoms with van der Waals surface area (Å²) < 4.78 is 16.8.